The molecule has 0 aliphatic rings. The molecule has 0 aromatic carbocycles. The van der Waals surface area contributed by atoms with Crippen molar-refractivity contribution in [3.8, 4) is 0 Å². The molecule has 1 atom stereocenters. The molecule has 0 amide bonds. The maximum absolute atomic E-state index is 9.33. The van der Waals surface area contributed by atoms with Gasteiger partial charge in [-0.1, -0.05) is 0 Å². The predicted molar refractivity (Wildman–Crippen MR) is 48.5 cm³/mol. The number of hydrogen-bond acceptors (Lipinski definition) is 5. The normalized spacial score (nSPS) is 14.4. The van der Waals surface area contributed by atoms with Gasteiger partial charge >= 0.3 is 10.4 Å². The lowest BCUT2D eigenvalue weighted by atomic mass is 10.0. The molecular formula is C6H17NO5S. The van der Waals surface area contributed by atoms with Crippen LogP contribution >= 0.6 is 0 Å². The molecule has 0 rings (SSSR count). The highest BCUT2D eigenvalue weighted by atomic mass is 32.3. The van der Waals surface area contributed by atoms with Crippen LogP contribution in [0, 0.1) is 0 Å². The summed E-state index contributed by atoms with van der Waals surface area (Å²) in [5, 5.41) is 8.76. The third-order valence-corrected chi connectivity index (χ3v) is 1.71. The van der Waals surface area contributed by atoms with Crippen LogP contribution in [0.1, 0.15) is 20.8 Å². The summed E-state index contributed by atoms with van der Waals surface area (Å²) in [4.78, 5) is 0. The van der Waals surface area contributed by atoms with E-state index in [1.807, 2.05) is 0 Å². The van der Waals surface area contributed by atoms with Crippen molar-refractivity contribution in [1.82, 2.24) is 0 Å². The van der Waals surface area contributed by atoms with E-state index in [1.165, 1.54) is 0 Å². The summed E-state index contributed by atoms with van der Waals surface area (Å²) in [6.45, 7) is 5.26. The van der Waals surface area contributed by atoms with Crippen LogP contribution in [0.5, 0.6) is 0 Å². The van der Waals surface area contributed by atoms with Gasteiger partial charge in [-0.3, -0.25) is 8.74 Å². The zero-order valence-corrected chi connectivity index (χ0v) is 9.00. The first-order valence-corrected chi connectivity index (χ1v) is 4.87. The van der Waals surface area contributed by atoms with Crippen molar-refractivity contribution in [2.75, 3.05) is 7.11 Å². The van der Waals surface area contributed by atoms with Crippen LogP contribution in [0.3, 0.4) is 0 Å². The van der Waals surface area contributed by atoms with Gasteiger partial charge in [0.1, 0.15) is 0 Å². The molecule has 0 aliphatic carbocycles. The van der Waals surface area contributed by atoms with Crippen molar-refractivity contribution in [2.45, 2.75) is 32.4 Å². The van der Waals surface area contributed by atoms with Gasteiger partial charge in [-0.15, -0.1) is 0 Å². The number of rotatable bonds is 2. The molecule has 0 aromatic rings. The standard InChI is InChI=1S/C5H13NO.CH4O4S/c1-4(7)5(2,3)6;1-5-6(2,3)4/h4,7H,6H2,1-3H3;1H3,(H,2,3,4). The Morgan fingerprint density at radius 3 is 1.62 bits per heavy atom. The molecule has 0 fully saturated rings. The number of aliphatic hydroxyl groups excluding tert-OH is 1. The van der Waals surface area contributed by atoms with Gasteiger partial charge in [0.15, 0.2) is 0 Å². The summed E-state index contributed by atoms with van der Waals surface area (Å²) in [6.07, 6.45) is -0.424. The van der Waals surface area contributed by atoms with Crippen molar-refractivity contribution < 1.29 is 22.3 Å². The van der Waals surface area contributed by atoms with Crippen molar-refractivity contribution in [1.29, 1.82) is 0 Å². The van der Waals surface area contributed by atoms with Gasteiger partial charge in [-0.2, -0.15) is 8.42 Å². The maximum Gasteiger partial charge on any atom is 0.397 e. The summed E-state index contributed by atoms with van der Waals surface area (Å²) in [7, 11) is -3.29. The quantitative estimate of drug-likeness (QED) is 0.538. The average Bonchev–Trinajstić information content (AvgIpc) is 1.85. The van der Waals surface area contributed by atoms with Crippen LogP contribution in [0.15, 0.2) is 0 Å². The molecular weight excluding hydrogens is 198 g/mol. The lowest BCUT2D eigenvalue weighted by Crippen LogP contribution is -2.43. The molecule has 0 aromatic heterocycles. The predicted octanol–water partition coefficient (Wildman–Crippen LogP) is -0.460. The van der Waals surface area contributed by atoms with E-state index < -0.39 is 22.0 Å². The number of nitrogens with two attached hydrogens (primary N) is 1. The molecule has 0 radical (unpaired) electrons. The SMILES string of the molecule is CC(O)C(C)(C)N.COS(=O)(=O)O. The van der Waals surface area contributed by atoms with E-state index in [-0.39, 0.29) is 0 Å². The first-order valence-electron chi connectivity index (χ1n) is 3.50. The molecule has 13 heavy (non-hydrogen) atoms. The Kier molecular flexibility index (Phi) is 6.47. The Bertz CT molecular complexity index is 216. The molecule has 0 saturated carbocycles. The first-order chi connectivity index (χ1) is 5.50. The second-order valence-corrected chi connectivity index (χ2v) is 4.28. The molecule has 0 bridgehead atoms. The van der Waals surface area contributed by atoms with Crippen molar-refractivity contribution >= 4 is 10.4 Å². The number of hydrogen-bond donors (Lipinski definition) is 3. The van der Waals surface area contributed by atoms with E-state index in [9.17, 15) is 8.42 Å². The third kappa shape index (κ3) is 14.6. The van der Waals surface area contributed by atoms with Crippen molar-refractivity contribution in [2.24, 2.45) is 5.73 Å². The molecule has 1 unspecified atom stereocenters. The van der Waals surface area contributed by atoms with Crippen LogP contribution < -0.4 is 5.73 Å². The second-order valence-electron chi connectivity index (χ2n) is 3.09. The van der Waals surface area contributed by atoms with E-state index >= 15 is 0 Å². The zero-order chi connectivity index (χ0) is 11.3. The van der Waals surface area contributed by atoms with Gasteiger partial charge < -0.3 is 10.8 Å². The molecule has 7 heteroatoms. The van der Waals surface area contributed by atoms with E-state index in [4.69, 9.17) is 15.4 Å². The Morgan fingerprint density at radius 1 is 1.46 bits per heavy atom. The molecule has 6 nitrogen and oxygen atoms in total. The minimum atomic E-state index is -4.16. The summed E-state index contributed by atoms with van der Waals surface area (Å²) in [5.41, 5.74) is 4.98. The Balaban J connectivity index is 0. The van der Waals surface area contributed by atoms with Crippen molar-refractivity contribution in [3.63, 3.8) is 0 Å². The van der Waals surface area contributed by atoms with Crippen LogP contribution in [0.25, 0.3) is 0 Å². The minimum absolute atomic E-state index is 0.424. The fraction of sp³-hybridized carbons (Fsp3) is 1.00. The lowest BCUT2D eigenvalue weighted by Gasteiger charge is -2.21. The second kappa shape index (κ2) is 5.51. The highest BCUT2D eigenvalue weighted by Crippen LogP contribution is 2.01. The zero-order valence-electron chi connectivity index (χ0n) is 8.18. The smallest absolute Gasteiger partial charge is 0.392 e. The molecule has 0 saturated heterocycles. The first kappa shape index (κ1) is 15.3. The Labute approximate surface area is 78.7 Å². The maximum atomic E-state index is 9.33. The van der Waals surface area contributed by atoms with Gasteiger partial charge in [-0.05, 0) is 20.8 Å². The van der Waals surface area contributed by atoms with E-state index in [0.717, 1.165) is 7.11 Å². The van der Waals surface area contributed by atoms with Crippen LogP contribution in [0.2, 0.25) is 0 Å². The highest BCUT2D eigenvalue weighted by molar-refractivity contribution is 7.80. The van der Waals surface area contributed by atoms with Crippen LogP contribution in [-0.2, 0) is 14.6 Å². The van der Waals surface area contributed by atoms with Gasteiger partial charge in [0.2, 0.25) is 0 Å². The van der Waals surface area contributed by atoms with Gasteiger partial charge in [-0.25, -0.2) is 0 Å². The van der Waals surface area contributed by atoms with Gasteiger partial charge in [0, 0.05) is 5.54 Å². The summed E-state index contributed by atoms with van der Waals surface area (Å²) in [6, 6.07) is 0. The lowest BCUT2D eigenvalue weighted by molar-refractivity contribution is 0.122. The van der Waals surface area contributed by atoms with Crippen LogP contribution in [-0.4, -0.2) is 36.8 Å². The van der Waals surface area contributed by atoms with E-state index in [0.29, 0.717) is 0 Å². The third-order valence-electron chi connectivity index (χ3n) is 1.29. The van der Waals surface area contributed by atoms with Crippen molar-refractivity contribution in [3.05, 3.63) is 0 Å². The highest BCUT2D eigenvalue weighted by Gasteiger charge is 2.16. The molecule has 0 heterocycles. The molecule has 82 valence electrons. The summed E-state index contributed by atoms with van der Waals surface area (Å²) in [5.74, 6) is 0. The summed E-state index contributed by atoms with van der Waals surface area (Å²) >= 11 is 0. The van der Waals surface area contributed by atoms with Gasteiger partial charge in [0.25, 0.3) is 0 Å². The van der Waals surface area contributed by atoms with Gasteiger partial charge in [0.05, 0.1) is 13.2 Å². The Hall–Kier alpha value is -0.210. The monoisotopic (exact) mass is 215 g/mol. The minimum Gasteiger partial charge on any atom is -0.392 e. The summed E-state index contributed by atoms with van der Waals surface area (Å²) < 4.78 is 29.7. The van der Waals surface area contributed by atoms with E-state index in [1.54, 1.807) is 20.8 Å². The molecule has 4 N–H and O–H groups in total. The Morgan fingerprint density at radius 2 is 1.62 bits per heavy atom. The average molecular weight is 215 g/mol. The topological polar surface area (TPSA) is 110 Å². The fourth-order valence-corrected chi connectivity index (χ4v) is 0. The van der Waals surface area contributed by atoms with Crippen LogP contribution in [0.4, 0.5) is 0 Å². The van der Waals surface area contributed by atoms with E-state index in [2.05, 4.69) is 4.18 Å². The number of aliphatic hydroxyl groups is 1. The molecule has 0 aliphatic heterocycles. The fourth-order valence-electron chi connectivity index (χ4n) is 0. The largest absolute Gasteiger partial charge is 0.397 e. The molecule has 0 spiro atoms.